The molecule has 0 bridgehead atoms. The molecule has 1 aliphatic heterocycles. The fourth-order valence-corrected chi connectivity index (χ4v) is 3.00. The normalized spacial score (nSPS) is 14.4. The summed E-state index contributed by atoms with van der Waals surface area (Å²) in [4.78, 5) is 24.0. The van der Waals surface area contributed by atoms with E-state index in [1.54, 1.807) is 0 Å². The van der Waals surface area contributed by atoms with Crippen LogP contribution in [-0.4, -0.2) is 24.1 Å². The molecule has 0 amide bonds. The fourth-order valence-electron chi connectivity index (χ4n) is 2.05. The maximum Gasteiger partial charge on any atom is 0.344 e. The number of nitrogens with one attached hydrogen (secondary N) is 1. The SMILES string of the molecule is CCCCOC(=O)C1=C(Nc2ccc(C)c(C)c2)SCC1=O. The van der Waals surface area contributed by atoms with Crippen LogP contribution in [0, 0.1) is 13.8 Å². The summed E-state index contributed by atoms with van der Waals surface area (Å²) < 4.78 is 5.18. The number of aryl methyl sites for hydroxylation is 2. The first kappa shape index (κ1) is 16.6. The maximum absolute atomic E-state index is 12.1. The molecule has 0 radical (unpaired) electrons. The lowest BCUT2D eigenvalue weighted by atomic mass is 10.1. The van der Waals surface area contributed by atoms with Crippen LogP contribution < -0.4 is 5.32 Å². The van der Waals surface area contributed by atoms with Crippen molar-refractivity contribution in [1.29, 1.82) is 0 Å². The van der Waals surface area contributed by atoms with E-state index in [4.69, 9.17) is 4.74 Å². The van der Waals surface area contributed by atoms with E-state index in [1.165, 1.54) is 17.3 Å². The smallest absolute Gasteiger partial charge is 0.344 e. The van der Waals surface area contributed by atoms with Gasteiger partial charge >= 0.3 is 5.97 Å². The number of Topliss-reactive ketones (excluding diaryl/α,β-unsaturated/α-hetero) is 1. The predicted octanol–water partition coefficient (Wildman–Crippen LogP) is 3.59. The Hall–Kier alpha value is -1.75. The zero-order chi connectivity index (χ0) is 16.1. The quantitative estimate of drug-likeness (QED) is 0.493. The lowest BCUT2D eigenvalue weighted by molar-refractivity contribution is -0.140. The first-order valence-electron chi connectivity index (χ1n) is 7.44. The molecule has 1 aromatic carbocycles. The summed E-state index contributed by atoms with van der Waals surface area (Å²) in [5, 5.41) is 3.77. The molecule has 0 spiro atoms. The van der Waals surface area contributed by atoms with Gasteiger partial charge in [0.15, 0.2) is 5.78 Å². The minimum absolute atomic E-state index is 0.152. The van der Waals surface area contributed by atoms with Crippen LogP contribution in [0.4, 0.5) is 5.69 Å². The van der Waals surface area contributed by atoms with Gasteiger partial charge in [-0.2, -0.15) is 0 Å². The summed E-state index contributed by atoms with van der Waals surface area (Å²) in [6.07, 6.45) is 1.75. The number of unbranched alkanes of at least 4 members (excludes halogenated alkanes) is 1. The van der Waals surface area contributed by atoms with Crippen molar-refractivity contribution in [2.75, 3.05) is 17.7 Å². The summed E-state index contributed by atoms with van der Waals surface area (Å²) >= 11 is 1.35. The van der Waals surface area contributed by atoms with Crippen LogP contribution in [0.25, 0.3) is 0 Å². The minimum atomic E-state index is -0.519. The number of rotatable bonds is 6. The number of benzene rings is 1. The summed E-state index contributed by atoms with van der Waals surface area (Å²) in [7, 11) is 0. The van der Waals surface area contributed by atoms with Gasteiger partial charge in [0.25, 0.3) is 0 Å². The molecule has 0 aromatic heterocycles. The van der Waals surface area contributed by atoms with Crippen molar-refractivity contribution in [3.05, 3.63) is 39.9 Å². The van der Waals surface area contributed by atoms with Gasteiger partial charge in [0.1, 0.15) is 5.57 Å². The van der Waals surface area contributed by atoms with Gasteiger partial charge in [-0.15, -0.1) is 0 Å². The number of hydrogen-bond donors (Lipinski definition) is 1. The molecule has 5 heteroatoms. The van der Waals surface area contributed by atoms with Crippen molar-refractivity contribution in [2.24, 2.45) is 0 Å². The second-order valence-corrected chi connectivity index (χ2v) is 6.32. The maximum atomic E-state index is 12.1. The lowest BCUT2D eigenvalue weighted by Gasteiger charge is -2.10. The van der Waals surface area contributed by atoms with Gasteiger partial charge < -0.3 is 10.1 Å². The third-order valence-corrected chi connectivity index (χ3v) is 4.55. The lowest BCUT2D eigenvalue weighted by Crippen LogP contribution is -2.17. The van der Waals surface area contributed by atoms with E-state index in [1.807, 2.05) is 39.0 Å². The van der Waals surface area contributed by atoms with E-state index in [-0.39, 0.29) is 17.1 Å². The Bertz CT molecular complexity index is 622. The Kier molecular flexibility index (Phi) is 5.66. The zero-order valence-corrected chi connectivity index (χ0v) is 14.0. The Morgan fingerprint density at radius 3 is 2.77 bits per heavy atom. The molecule has 0 saturated carbocycles. The number of ether oxygens (including phenoxy) is 1. The van der Waals surface area contributed by atoms with Gasteiger partial charge in [0, 0.05) is 5.69 Å². The van der Waals surface area contributed by atoms with Crippen LogP contribution >= 0.6 is 11.8 Å². The summed E-state index contributed by atoms with van der Waals surface area (Å²) in [6.45, 7) is 6.45. The summed E-state index contributed by atoms with van der Waals surface area (Å²) in [5.41, 5.74) is 3.39. The van der Waals surface area contributed by atoms with Crippen molar-refractivity contribution in [3.63, 3.8) is 0 Å². The molecule has 1 aromatic rings. The highest BCUT2D eigenvalue weighted by Crippen LogP contribution is 2.31. The van der Waals surface area contributed by atoms with Gasteiger partial charge in [0.05, 0.1) is 17.4 Å². The number of carbonyl (C=O) groups is 2. The van der Waals surface area contributed by atoms with Gasteiger partial charge in [-0.3, -0.25) is 4.79 Å². The van der Waals surface area contributed by atoms with E-state index in [9.17, 15) is 9.59 Å². The number of thioether (sulfide) groups is 1. The number of carbonyl (C=O) groups excluding carboxylic acids is 2. The average Bonchev–Trinajstić information content (AvgIpc) is 2.84. The van der Waals surface area contributed by atoms with Crippen molar-refractivity contribution in [3.8, 4) is 0 Å². The Balaban J connectivity index is 2.16. The molecule has 0 saturated heterocycles. The molecule has 118 valence electrons. The Morgan fingerprint density at radius 2 is 2.09 bits per heavy atom. The van der Waals surface area contributed by atoms with Crippen LogP contribution in [-0.2, 0) is 14.3 Å². The number of esters is 1. The van der Waals surface area contributed by atoms with Crippen molar-refractivity contribution in [2.45, 2.75) is 33.6 Å². The molecule has 0 unspecified atom stereocenters. The first-order chi connectivity index (χ1) is 10.5. The fraction of sp³-hybridized carbons (Fsp3) is 0.412. The third-order valence-electron chi connectivity index (χ3n) is 3.55. The topological polar surface area (TPSA) is 55.4 Å². The average molecular weight is 319 g/mol. The van der Waals surface area contributed by atoms with Crippen LogP contribution in [0.2, 0.25) is 0 Å². The Morgan fingerprint density at radius 1 is 1.32 bits per heavy atom. The van der Waals surface area contributed by atoms with Gasteiger partial charge in [-0.25, -0.2) is 4.79 Å². The van der Waals surface area contributed by atoms with E-state index in [0.717, 1.165) is 24.1 Å². The molecule has 2 rings (SSSR count). The highest BCUT2D eigenvalue weighted by molar-refractivity contribution is 8.04. The molecule has 0 aliphatic carbocycles. The zero-order valence-electron chi connectivity index (χ0n) is 13.2. The van der Waals surface area contributed by atoms with Gasteiger partial charge in [0.2, 0.25) is 0 Å². The summed E-state index contributed by atoms with van der Waals surface area (Å²) in [5.74, 6) is -0.404. The number of anilines is 1. The largest absolute Gasteiger partial charge is 0.462 e. The Labute approximate surface area is 135 Å². The monoisotopic (exact) mass is 319 g/mol. The van der Waals surface area contributed by atoms with Crippen molar-refractivity contribution in [1.82, 2.24) is 0 Å². The van der Waals surface area contributed by atoms with Crippen LogP contribution in [0.5, 0.6) is 0 Å². The molecular formula is C17H21NO3S. The molecule has 0 fully saturated rings. The molecule has 22 heavy (non-hydrogen) atoms. The highest BCUT2D eigenvalue weighted by atomic mass is 32.2. The predicted molar refractivity (Wildman–Crippen MR) is 89.9 cm³/mol. The van der Waals surface area contributed by atoms with Crippen LogP contribution in [0.15, 0.2) is 28.8 Å². The van der Waals surface area contributed by atoms with E-state index in [0.29, 0.717) is 11.6 Å². The molecule has 4 nitrogen and oxygen atoms in total. The molecule has 0 atom stereocenters. The minimum Gasteiger partial charge on any atom is -0.462 e. The number of hydrogen-bond acceptors (Lipinski definition) is 5. The van der Waals surface area contributed by atoms with Crippen LogP contribution in [0.1, 0.15) is 30.9 Å². The molecule has 1 aliphatic rings. The van der Waals surface area contributed by atoms with Crippen molar-refractivity contribution < 1.29 is 14.3 Å². The van der Waals surface area contributed by atoms with Gasteiger partial charge in [-0.05, 0) is 43.5 Å². The molecular weight excluding hydrogens is 298 g/mol. The first-order valence-corrected chi connectivity index (χ1v) is 8.43. The van der Waals surface area contributed by atoms with E-state index < -0.39 is 5.97 Å². The number of ketones is 1. The second-order valence-electron chi connectivity index (χ2n) is 5.33. The third kappa shape index (κ3) is 3.91. The highest BCUT2D eigenvalue weighted by Gasteiger charge is 2.31. The second kappa shape index (κ2) is 7.49. The van der Waals surface area contributed by atoms with Crippen LogP contribution in [0.3, 0.4) is 0 Å². The van der Waals surface area contributed by atoms with E-state index >= 15 is 0 Å². The molecule has 1 N–H and O–H groups in total. The standard InChI is InChI=1S/C17H21NO3S/c1-4-5-8-21-17(20)15-14(19)10-22-16(15)18-13-7-6-11(2)12(3)9-13/h6-7,9,18H,4-5,8,10H2,1-3H3. The summed E-state index contributed by atoms with van der Waals surface area (Å²) in [6, 6.07) is 5.96. The molecule has 1 heterocycles. The van der Waals surface area contributed by atoms with Crippen molar-refractivity contribution >= 4 is 29.2 Å². The van der Waals surface area contributed by atoms with Gasteiger partial charge in [-0.1, -0.05) is 31.2 Å². The van der Waals surface area contributed by atoms with E-state index in [2.05, 4.69) is 5.32 Å².